The van der Waals surface area contributed by atoms with Gasteiger partial charge in [-0.1, -0.05) is 24.6 Å². The molecule has 1 atom stereocenters. The van der Waals surface area contributed by atoms with Gasteiger partial charge in [-0.2, -0.15) is 0 Å². The lowest BCUT2D eigenvalue weighted by Crippen LogP contribution is -2.51. The zero-order valence-corrected chi connectivity index (χ0v) is 13.3. The lowest BCUT2D eigenvalue weighted by Gasteiger charge is -2.24. The number of hydrogen-bond donors (Lipinski definition) is 3. The van der Waals surface area contributed by atoms with E-state index in [4.69, 9.17) is 5.11 Å². The van der Waals surface area contributed by atoms with Crippen LogP contribution in [0.5, 0.6) is 0 Å². The van der Waals surface area contributed by atoms with Crippen LogP contribution in [0.3, 0.4) is 0 Å². The number of carbonyl (C=O) groups is 2. The maximum absolute atomic E-state index is 12.0. The summed E-state index contributed by atoms with van der Waals surface area (Å²) < 4.78 is 0. The van der Waals surface area contributed by atoms with Crippen molar-refractivity contribution in [2.24, 2.45) is 0 Å². The fourth-order valence-electron chi connectivity index (χ4n) is 2.19. The van der Waals surface area contributed by atoms with E-state index in [-0.39, 0.29) is 12.5 Å². The molecule has 0 saturated heterocycles. The number of anilines is 1. The molecule has 1 unspecified atom stereocenters. The number of aliphatic carboxylic acids is 1. The third-order valence-corrected chi connectivity index (χ3v) is 3.76. The Labute approximate surface area is 125 Å². The average molecular weight is 292 g/mol. The number of carbonyl (C=O) groups excluding carboxylic acids is 1. The Morgan fingerprint density at radius 3 is 2.14 bits per heavy atom. The highest BCUT2D eigenvalue weighted by molar-refractivity contribution is 5.94. The Balaban J connectivity index is 2.73. The Morgan fingerprint density at radius 1 is 1.19 bits per heavy atom. The summed E-state index contributed by atoms with van der Waals surface area (Å²) in [6.45, 7) is 9.20. The first kappa shape index (κ1) is 17.2. The van der Waals surface area contributed by atoms with Crippen molar-refractivity contribution in [3.05, 3.63) is 28.8 Å². The van der Waals surface area contributed by atoms with E-state index >= 15 is 0 Å². The van der Waals surface area contributed by atoms with Crippen molar-refractivity contribution in [1.29, 1.82) is 0 Å². The number of hydrogen-bond acceptors (Lipinski definition) is 3. The van der Waals surface area contributed by atoms with Crippen LogP contribution in [0.2, 0.25) is 0 Å². The van der Waals surface area contributed by atoms with Crippen molar-refractivity contribution in [3.63, 3.8) is 0 Å². The van der Waals surface area contributed by atoms with Crippen LogP contribution in [0, 0.1) is 20.8 Å². The van der Waals surface area contributed by atoms with Crippen LogP contribution >= 0.6 is 0 Å². The summed E-state index contributed by atoms with van der Waals surface area (Å²) in [7, 11) is 0. The third-order valence-electron chi connectivity index (χ3n) is 3.76. The Bertz CT molecular complexity index is 531. The predicted molar refractivity (Wildman–Crippen MR) is 83.6 cm³/mol. The highest BCUT2D eigenvalue weighted by atomic mass is 16.4. The molecule has 21 heavy (non-hydrogen) atoms. The second kappa shape index (κ2) is 6.72. The molecule has 0 spiro atoms. The molecular weight excluding hydrogens is 268 g/mol. The van der Waals surface area contributed by atoms with Gasteiger partial charge in [0.1, 0.15) is 5.54 Å². The predicted octanol–water partition coefficient (Wildman–Crippen LogP) is 2.39. The summed E-state index contributed by atoms with van der Waals surface area (Å²) in [6, 6.07) is 4.01. The van der Waals surface area contributed by atoms with Crippen molar-refractivity contribution in [1.82, 2.24) is 5.32 Å². The van der Waals surface area contributed by atoms with Gasteiger partial charge >= 0.3 is 5.97 Å². The highest BCUT2D eigenvalue weighted by Gasteiger charge is 2.30. The van der Waals surface area contributed by atoms with Gasteiger partial charge in [-0.3, -0.25) is 14.9 Å². The summed E-state index contributed by atoms with van der Waals surface area (Å²) in [5.41, 5.74) is 2.84. The van der Waals surface area contributed by atoms with Crippen LogP contribution in [0.25, 0.3) is 0 Å². The lowest BCUT2D eigenvalue weighted by atomic mass is 9.99. The number of carboxylic acid groups (broad SMARTS) is 1. The molecule has 116 valence electrons. The molecule has 0 aliphatic rings. The van der Waals surface area contributed by atoms with Gasteiger partial charge in [0.2, 0.25) is 5.91 Å². The van der Waals surface area contributed by atoms with Crippen molar-refractivity contribution >= 4 is 17.6 Å². The Hall–Kier alpha value is -1.88. The Kier molecular flexibility index (Phi) is 5.49. The number of aryl methyl sites for hydroxylation is 3. The fraction of sp³-hybridized carbons (Fsp3) is 0.500. The number of carboxylic acids is 1. The molecule has 0 radical (unpaired) electrons. The summed E-state index contributed by atoms with van der Waals surface area (Å²) in [6.07, 6.45) is 0.401. The first-order chi connectivity index (χ1) is 9.69. The van der Waals surface area contributed by atoms with Gasteiger partial charge in [0, 0.05) is 5.69 Å². The molecule has 0 saturated carbocycles. The zero-order valence-electron chi connectivity index (χ0n) is 13.3. The summed E-state index contributed by atoms with van der Waals surface area (Å²) >= 11 is 0. The van der Waals surface area contributed by atoms with E-state index in [2.05, 4.69) is 10.6 Å². The molecule has 0 bridgehead atoms. The molecule has 3 N–H and O–H groups in total. The Morgan fingerprint density at radius 2 is 1.71 bits per heavy atom. The topological polar surface area (TPSA) is 78.4 Å². The second-order valence-corrected chi connectivity index (χ2v) is 5.67. The first-order valence-electron chi connectivity index (χ1n) is 7.05. The molecule has 0 aliphatic carbocycles. The van der Waals surface area contributed by atoms with Gasteiger partial charge in [-0.15, -0.1) is 0 Å². The lowest BCUT2D eigenvalue weighted by molar-refractivity contribution is -0.144. The minimum absolute atomic E-state index is 0.0383. The van der Waals surface area contributed by atoms with Gasteiger partial charge in [0.25, 0.3) is 0 Å². The quantitative estimate of drug-likeness (QED) is 0.752. The maximum atomic E-state index is 12.0. The minimum atomic E-state index is -1.09. The van der Waals surface area contributed by atoms with Crippen LogP contribution < -0.4 is 10.6 Å². The standard InChI is InChI=1S/C16H24N2O3/c1-6-16(5,15(20)21)17-9-13(19)18-14-11(3)7-10(2)8-12(14)4/h7-8,17H,6,9H2,1-5H3,(H,18,19)(H,20,21). The number of rotatable bonds is 6. The van der Waals surface area contributed by atoms with Crippen molar-refractivity contribution in [2.75, 3.05) is 11.9 Å². The molecule has 5 heteroatoms. The van der Waals surface area contributed by atoms with E-state index in [9.17, 15) is 9.59 Å². The van der Waals surface area contributed by atoms with Gasteiger partial charge in [0.05, 0.1) is 6.54 Å². The fourth-order valence-corrected chi connectivity index (χ4v) is 2.19. The molecule has 0 fully saturated rings. The van der Waals surface area contributed by atoms with Crippen LogP contribution in [-0.2, 0) is 9.59 Å². The monoisotopic (exact) mass is 292 g/mol. The minimum Gasteiger partial charge on any atom is -0.480 e. The van der Waals surface area contributed by atoms with Gasteiger partial charge in [-0.25, -0.2) is 0 Å². The SMILES string of the molecule is CCC(C)(NCC(=O)Nc1c(C)cc(C)cc1C)C(=O)O. The van der Waals surface area contributed by atoms with E-state index in [0.717, 1.165) is 22.4 Å². The molecule has 1 aromatic rings. The molecular formula is C16H24N2O3. The van der Waals surface area contributed by atoms with Crippen molar-refractivity contribution in [2.45, 2.75) is 46.6 Å². The van der Waals surface area contributed by atoms with Crippen molar-refractivity contribution in [3.8, 4) is 0 Å². The zero-order chi connectivity index (χ0) is 16.2. The molecule has 5 nitrogen and oxygen atoms in total. The highest BCUT2D eigenvalue weighted by Crippen LogP contribution is 2.21. The summed E-state index contributed by atoms with van der Waals surface area (Å²) in [5.74, 6) is -1.20. The molecule has 1 rings (SSSR count). The number of benzene rings is 1. The molecule has 0 heterocycles. The van der Waals surface area contributed by atoms with E-state index in [0.29, 0.717) is 6.42 Å². The summed E-state index contributed by atoms with van der Waals surface area (Å²) in [5, 5.41) is 14.8. The van der Waals surface area contributed by atoms with E-state index in [1.54, 1.807) is 13.8 Å². The maximum Gasteiger partial charge on any atom is 0.323 e. The average Bonchev–Trinajstić information content (AvgIpc) is 2.39. The van der Waals surface area contributed by atoms with Gasteiger partial charge in [0.15, 0.2) is 0 Å². The van der Waals surface area contributed by atoms with Crippen LogP contribution in [0.4, 0.5) is 5.69 Å². The smallest absolute Gasteiger partial charge is 0.323 e. The molecule has 1 amide bonds. The van der Waals surface area contributed by atoms with Crippen LogP contribution in [0.1, 0.15) is 37.0 Å². The van der Waals surface area contributed by atoms with Crippen LogP contribution in [-0.4, -0.2) is 29.1 Å². The van der Waals surface area contributed by atoms with Crippen LogP contribution in [0.15, 0.2) is 12.1 Å². The normalized spacial score (nSPS) is 13.6. The molecule has 1 aromatic carbocycles. The number of nitrogens with one attached hydrogen (secondary N) is 2. The largest absolute Gasteiger partial charge is 0.480 e. The van der Waals surface area contributed by atoms with Crippen molar-refractivity contribution < 1.29 is 14.7 Å². The van der Waals surface area contributed by atoms with Gasteiger partial charge in [-0.05, 0) is 45.2 Å². The third kappa shape index (κ3) is 4.29. The number of amides is 1. The molecule has 0 aliphatic heterocycles. The van der Waals surface area contributed by atoms with E-state index < -0.39 is 11.5 Å². The second-order valence-electron chi connectivity index (χ2n) is 5.67. The first-order valence-corrected chi connectivity index (χ1v) is 7.05. The van der Waals surface area contributed by atoms with Gasteiger partial charge < -0.3 is 10.4 Å². The van der Waals surface area contributed by atoms with E-state index in [1.165, 1.54) is 0 Å². The molecule has 0 aromatic heterocycles. The van der Waals surface area contributed by atoms with E-state index in [1.807, 2.05) is 32.9 Å². The summed E-state index contributed by atoms with van der Waals surface area (Å²) in [4.78, 5) is 23.2.